The van der Waals surface area contributed by atoms with Crippen molar-refractivity contribution in [3.05, 3.63) is 122 Å². The lowest BCUT2D eigenvalue weighted by Crippen LogP contribution is -1.91. The van der Waals surface area contributed by atoms with Crippen LogP contribution >= 0.6 is 0 Å². The fraction of sp³-hybridized carbons (Fsp3) is 0. The van der Waals surface area contributed by atoms with Crippen LogP contribution in [0.1, 0.15) is 0 Å². The average Bonchev–Trinajstić information content (AvgIpc) is 3.56. The quantitative estimate of drug-likeness (QED) is 0.240. The summed E-state index contributed by atoms with van der Waals surface area (Å²) in [6, 6.07) is 40.6. The van der Waals surface area contributed by atoms with Crippen LogP contribution in [0.4, 0.5) is 0 Å². The van der Waals surface area contributed by atoms with Crippen LogP contribution < -0.4 is 0 Å². The number of hydrogen-bond donors (Lipinski definition) is 0. The van der Waals surface area contributed by atoms with E-state index in [1.54, 1.807) is 6.26 Å². The summed E-state index contributed by atoms with van der Waals surface area (Å²) in [5.41, 5.74) is 7.39. The van der Waals surface area contributed by atoms with Crippen LogP contribution in [0.3, 0.4) is 0 Å². The molecular weight excluding hydrogens is 440 g/mol. The molecule has 0 fully saturated rings. The average molecular weight is 461 g/mol. The Morgan fingerprint density at radius 2 is 1.03 bits per heavy atom. The standard InChI is InChI=1S/C34H20O2/c1-2-10-21(11-3-1)31-22-12-4-6-14-24(22)32(25-15-7-5-13-23(25)31)28-20-30-33(34-26(28)18-19-35-34)27-16-8-9-17-29(27)36-30/h1-20H. The molecule has 2 nitrogen and oxygen atoms in total. The van der Waals surface area contributed by atoms with E-state index in [9.17, 15) is 0 Å². The molecule has 0 atom stereocenters. The van der Waals surface area contributed by atoms with Crippen molar-refractivity contribution in [2.45, 2.75) is 0 Å². The molecule has 0 N–H and O–H groups in total. The minimum absolute atomic E-state index is 0.842. The molecule has 2 heterocycles. The van der Waals surface area contributed by atoms with Crippen LogP contribution in [-0.4, -0.2) is 0 Å². The van der Waals surface area contributed by atoms with Gasteiger partial charge < -0.3 is 8.83 Å². The minimum Gasteiger partial charge on any atom is -0.464 e. The largest absolute Gasteiger partial charge is 0.464 e. The van der Waals surface area contributed by atoms with Gasteiger partial charge in [-0.2, -0.15) is 0 Å². The second kappa shape index (κ2) is 7.34. The third kappa shape index (κ3) is 2.61. The van der Waals surface area contributed by atoms with E-state index in [-0.39, 0.29) is 0 Å². The van der Waals surface area contributed by atoms with Crippen molar-refractivity contribution in [3.63, 3.8) is 0 Å². The Morgan fingerprint density at radius 3 is 1.72 bits per heavy atom. The summed E-state index contributed by atoms with van der Waals surface area (Å²) in [7, 11) is 0. The Kier molecular flexibility index (Phi) is 3.97. The monoisotopic (exact) mass is 460 g/mol. The predicted octanol–water partition coefficient (Wildman–Crippen LogP) is 9.97. The second-order valence-electron chi connectivity index (χ2n) is 9.27. The lowest BCUT2D eigenvalue weighted by Gasteiger charge is -2.18. The van der Waals surface area contributed by atoms with E-state index in [0.717, 1.165) is 38.5 Å². The van der Waals surface area contributed by atoms with Gasteiger partial charge in [-0.3, -0.25) is 0 Å². The summed E-state index contributed by atoms with van der Waals surface area (Å²) in [4.78, 5) is 0. The van der Waals surface area contributed by atoms with E-state index in [4.69, 9.17) is 8.83 Å². The first-order valence-electron chi connectivity index (χ1n) is 12.2. The van der Waals surface area contributed by atoms with Gasteiger partial charge in [0, 0.05) is 10.8 Å². The highest BCUT2D eigenvalue weighted by atomic mass is 16.3. The number of rotatable bonds is 2. The molecule has 2 heteroatoms. The normalized spacial score (nSPS) is 11.9. The molecule has 0 saturated heterocycles. The maximum Gasteiger partial charge on any atom is 0.146 e. The van der Waals surface area contributed by atoms with Gasteiger partial charge in [-0.15, -0.1) is 0 Å². The smallest absolute Gasteiger partial charge is 0.146 e. The number of hydrogen-bond acceptors (Lipinski definition) is 2. The highest BCUT2D eigenvalue weighted by Crippen LogP contribution is 2.47. The lowest BCUT2D eigenvalue weighted by molar-refractivity contribution is 0.618. The Hall–Kier alpha value is -4.82. The Bertz CT molecular complexity index is 2030. The second-order valence-corrected chi connectivity index (χ2v) is 9.27. The molecule has 0 aliphatic rings. The third-order valence-electron chi connectivity index (χ3n) is 7.34. The van der Waals surface area contributed by atoms with E-state index >= 15 is 0 Å². The molecule has 2 aromatic heterocycles. The fourth-order valence-corrected chi connectivity index (χ4v) is 5.87. The fourth-order valence-electron chi connectivity index (χ4n) is 5.87. The molecule has 0 spiro atoms. The molecule has 0 aliphatic heterocycles. The minimum atomic E-state index is 0.842. The number of para-hydroxylation sites is 1. The maximum absolute atomic E-state index is 6.35. The molecule has 168 valence electrons. The summed E-state index contributed by atoms with van der Waals surface area (Å²) in [6.45, 7) is 0. The van der Waals surface area contributed by atoms with Gasteiger partial charge in [0.25, 0.3) is 0 Å². The molecule has 0 radical (unpaired) electrons. The van der Waals surface area contributed by atoms with E-state index in [2.05, 4.69) is 97.1 Å². The SMILES string of the molecule is c1ccc(-c2c3ccccc3c(-c3cc4oc5ccccc5c4c4occc34)c3ccccc23)cc1. The first-order valence-corrected chi connectivity index (χ1v) is 12.2. The van der Waals surface area contributed by atoms with Crippen LogP contribution in [-0.2, 0) is 0 Å². The van der Waals surface area contributed by atoms with Gasteiger partial charge in [0.05, 0.1) is 11.6 Å². The van der Waals surface area contributed by atoms with Gasteiger partial charge in [-0.05, 0) is 62.0 Å². The molecular formula is C34H20O2. The van der Waals surface area contributed by atoms with Crippen molar-refractivity contribution in [1.29, 1.82) is 0 Å². The van der Waals surface area contributed by atoms with Gasteiger partial charge in [-0.25, -0.2) is 0 Å². The Balaban J connectivity index is 1.58. The third-order valence-corrected chi connectivity index (χ3v) is 7.34. The summed E-state index contributed by atoms with van der Waals surface area (Å²) in [6.07, 6.45) is 1.79. The van der Waals surface area contributed by atoms with Crippen molar-refractivity contribution in [2.24, 2.45) is 0 Å². The maximum atomic E-state index is 6.35. The van der Waals surface area contributed by atoms with Crippen molar-refractivity contribution < 1.29 is 8.83 Å². The molecule has 6 aromatic carbocycles. The molecule has 0 aliphatic carbocycles. The van der Waals surface area contributed by atoms with Crippen LogP contribution in [0.15, 0.2) is 130 Å². The first kappa shape index (κ1) is 19.5. The predicted molar refractivity (Wildman–Crippen MR) is 149 cm³/mol. The van der Waals surface area contributed by atoms with Crippen LogP contribution in [0, 0.1) is 0 Å². The van der Waals surface area contributed by atoms with Crippen LogP contribution in [0.2, 0.25) is 0 Å². The van der Waals surface area contributed by atoms with Crippen molar-refractivity contribution in [3.8, 4) is 22.3 Å². The lowest BCUT2D eigenvalue weighted by atomic mass is 9.85. The highest BCUT2D eigenvalue weighted by Gasteiger charge is 2.21. The summed E-state index contributed by atoms with van der Waals surface area (Å²) in [5, 5.41) is 8.10. The van der Waals surface area contributed by atoms with E-state index in [1.165, 1.54) is 38.2 Å². The molecule has 8 aromatic rings. The number of fused-ring (bicyclic) bond motifs is 7. The highest BCUT2D eigenvalue weighted by molar-refractivity contribution is 6.27. The van der Waals surface area contributed by atoms with Gasteiger partial charge in [0.15, 0.2) is 0 Å². The van der Waals surface area contributed by atoms with Crippen molar-refractivity contribution >= 4 is 54.5 Å². The molecule has 0 saturated carbocycles. The number of furan rings is 2. The summed E-state index contributed by atoms with van der Waals surface area (Å²) >= 11 is 0. The van der Waals surface area contributed by atoms with Gasteiger partial charge >= 0.3 is 0 Å². The van der Waals surface area contributed by atoms with Crippen LogP contribution in [0.25, 0.3) is 76.7 Å². The van der Waals surface area contributed by atoms with Gasteiger partial charge in [0.1, 0.15) is 16.7 Å². The van der Waals surface area contributed by atoms with Gasteiger partial charge in [-0.1, -0.05) is 97.1 Å². The van der Waals surface area contributed by atoms with Crippen LogP contribution in [0.5, 0.6) is 0 Å². The molecule has 0 unspecified atom stereocenters. The summed E-state index contributed by atoms with van der Waals surface area (Å²) in [5.74, 6) is 0. The van der Waals surface area contributed by atoms with E-state index in [0.29, 0.717) is 0 Å². The number of benzene rings is 6. The van der Waals surface area contributed by atoms with E-state index in [1.807, 2.05) is 18.2 Å². The van der Waals surface area contributed by atoms with Gasteiger partial charge in [0.2, 0.25) is 0 Å². The summed E-state index contributed by atoms with van der Waals surface area (Å²) < 4.78 is 12.5. The van der Waals surface area contributed by atoms with E-state index < -0.39 is 0 Å². The zero-order chi connectivity index (χ0) is 23.6. The topological polar surface area (TPSA) is 26.3 Å². The van der Waals surface area contributed by atoms with Crippen molar-refractivity contribution in [2.75, 3.05) is 0 Å². The molecule has 36 heavy (non-hydrogen) atoms. The first-order chi connectivity index (χ1) is 17.9. The zero-order valence-corrected chi connectivity index (χ0v) is 19.4. The molecule has 0 bridgehead atoms. The Morgan fingerprint density at radius 1 is 0.444 bits per heavy atom. The van der Waals surface area contributed by atoms with Crippen molar-refractivity contribution in [1.82, 2.24) is 0 Å². The molecule has 8 rings (SSSR count). The zero-order valence-electron chi connectivity index (χ0n) is 19.4. The Labute approximate surface area is 207 Å². The molecule has 0 amide bonds.